The molecule has 3 atom stereocenters. The highest BCUT2D eigenvalue weighted by Crippen LogP contribution is 2.40. The molecule has 0 spiro atoms. The first-order valence-corrected chi connectivity index (χ1v) is 7.78. The Morgan fingerprint density at radius 3 is 2.56 bits per heavy atom. The van der Waals surface area contributed by atoms with Crippen molar-refractivity contribution < 1.29 is 4.79 Å². The molecule has 1 saturated heterocycles. The van der Waals surface area contributed by atoms with Gasteiger partial charge in [-0.1, -0.05) is 20.3 Å². The normalized spacial score (nSPS) is 40.1. The van der Waals surface area contributed by atoms with Crippen molar-refractivity contribution in [3.05, 3.63) is 0 Å². The maximum Gasteiger partial charge on any atom is 0.137 e. The molecule has 3 fully saturated rings. The lowest BCUT2D eigenvalue weighted by atomic mass is 9.71. The van der Waals surface area contributed by atoms with Gasteiger partial charge in [-0.2, -0.15) is 0 Å². The molecule has 0 aromatic carbocycles. The summed E-state index contributed by atoms with van der Waals surface area (Å²) in [6.07, 6.45) is 7.33. The minimum absolute atomic E-state index is 0.326. The Hall–Kier alpha value is -0.370. The highest BCUT2D eigenvalue weighted by Gasteiger charge is 2.39. The van der Waals surface area contributed by atoms with Crippen LogP contribution >= 0.6 is 0 Å². The number of ketones is 1. The SMILES string of the molecule is CC1(C)CCC(=O)C(CN2CC3CCCC3C2)C1. The Morgan fingerprint density at radius 1 is 1.22 bits per heavy atom. The monoisotopic (exact) mass is 249 g/mol. The summed E-state index contributed by atoms with van der Waals surface area (Å²) in [7, 11) is 0. The molecule has 3 rings (SSSR count). The van der Waals surface area contributed by atoms with Gasteiger partial charge in [0.2, 0.25) is 0 Å². The molecule has 1 aliphatic heterocycles. The standard InChI is InChI=1S/C16H27NO/c1-16(2)7-6-15(18)14(8-16)11-17-9-12-4-3-5-13(12)10-17/h12-14H,3-11H2,1-2H3. The second-order valence-electron chi connectivity index (χ2n) is 7.70. The summed E-state index contributed by atoms with van der Waals surface area (Å²) >= 11 is 0. The molecule has 2 heteroatoms. The van der Waals surface area contributed by atoms with Gasteiger partial charge in [-0.15, -0.1) is 0 Å². The number of carbonyl (C=O) groups is 1. The lowest BCUT2D eigenvalue weighted by Crippen LogP contribution is -2.38. The number of hydrogen-bond acceptors (Lipinski definition) is 2. The van der Waals surface area contributed by atoms with Gasteiger partial charge in [0.25, 0.3) is 0 Å². The van der Waals surface area contributed by atoms with Crippen molar-refractivity contribution in [2.75, 3.05) is 19.6 Å². The number of Topliss-reactive ketones (excluding diaryl/α,β-unsaturated/α-hetero) is 1. The minimum Gasteiger partial charge on any atom is -0.302 e. The van der Waals surface area contributed by atoms with E-state index in [1.165, 1.54) is 32.4 Å². The zero-order valence-corrected chi connectivity index (χ0v) is 12.0. The van der Waals surface area contributed by atoms with Crippen molar-refractivity contribution in [1.29, 1.82) is 0 Å². The van der Waals surface area contributed by atoms with Crippen molar-refractivity contribution in [3.63, 3.8) is 0 Å². The summed E-state index contributed by atoms with van der Waals surface area (Å²) in [4.78, 5) is 14.7. The molecule has 3 aliphatic rings. The molecule has 102 valence electrons. The van der Waals surface area contributed by atoms with Crippen molar-refractivity contribution in [2.45, 2.75) is 52.4 Å². The molecule has 2 saturated carbocycles. The largest absolute Gasteiger partial charge is 0.302 e. The Balaban J connectivity index is 1.57. The smallest absolute Gasteiger partial charge is 0.137 e. The predicted octanol–water partition coefficient (Wildman–Crippen LogP) is 3.11. The number of nitrogens with zero attached hydrogens (tertiary/aromatic N) is 1. The molecule has 2 nitrogen and oxygen atoms in total. The lowest BCUT2D eigenvalue weighted by Gasteiger charge is -2.36. The van der Waals surface area contributed by atoms with Crippen LogP contribution in [0.15, 0.2) is 0 Å². The Bertz CT molecular complexity index is 324. The summed E-state index contributed by atoms with van der Waals surface area (Å²) in [5.41, 5.74) is 0.383. The van der Waals surface area contributed by atoms with E-state index in [0.29, 0.717) is 17.1 Å². The summed E-state index contributed by atoms with van der Waals surface area (Å²) < 4.78 is 0. The van der Waals surface area contributed by atoms with E-state index in [0.717, 1.165) is 37.6 Å². The maximum absolute atomic E-state index is 12.1. The molecule has 18 heavy (non-hydrogen) atoms. The topological polar surface area (TPSA) is 20.3 Å². The molecule has 0 radical (unpaired) electrons. The summed E-state index contributed by atoms with van der Waals surface area (Å²) in [6.45, 7) is 8.25. The summed E-state index contributed by atoms with van der Waals surface area (Å²) in [6, 6.07) is 0. The van der Waals surface area contributed by atoms with Gasteiger partial charge in [-0.3, -0.25) is 4.79 Å². The first-order chi connectivity index (χ1) is 8.53. The Morgan fingerprint density at radius 2 is 1.89 bits per heavy atom. The maximum atomic E-state index is 12.1. The van der Waals surface area contributed by atoms with E-state index in [1.54, 1.807) is 0 Å². The average Bonchev–Trinajstić information content (AvgIpc) is 2.83. The molecular formula is C16H27NO. The number of rotatable bonds is 2. The highest BCUT2D eigenvalue weighted by molar-refractivity contribution is 5.82. The Labute approximate surface area is 111 Å². The van der Waals surface area contributed by atoms with Gasteiger partial charge >= 0.3 is 0 Å². The minimum atomic E-state index is 0.326. The van der Waals surface area contributed by atoms with Crippen LogP contribution in [0.5, 0.6) is 0 Å². The van der Waals surface area contributed by atoms with E-state index in [9.17, 15) is 4.79 Å². The second kappa shape index (κ2) is 4.63. The van der Waals surface area contributed by atoms with Gasteiger partial charge in [-0.05, 0) is 42.9 Å². The van der Waals surface area contributed by atoms with Crippen molar-refractivity contribution in [3.8, 4) is 0 Å². The van der Waals surface area contributed by atoms with E-state index >= 15 is 0 Å². The zero-order valence-electron chi connectivity index (χ0n) is 12.0. The van der Waals surface area contributed by atoms with Crippen LogP contribution in [-0.2, 0) is 4.79 Å². The first kappa shape index (κ1) is 12.7. The van der Waals surface area contributed by atoms with E-state index in [1.807, 2.05) is 0 Å². The fourth-order valence-electron chi connectivity index (χ4n) is 4.51. The average molecular weight is 249 g/mol. The van der Waals surface area contributed by atoms with Crippen molar-refractivity contribution in [1.82, 2.24) is 4.90 Å². The van der Waals surface area contributed by atoms with E-state index in [-0.39, 0.29) is 0 Å². The van der Waals surface area contributed by atoms with Gasteiger partial charge in [-0.25, -0.2) is 0 Å². The molecule has 0 aromatic heterocycles. The van der Waals surface area contributed by atoms with E-state index < -0.39 is 0 Å². The second-order valence-corrected chi connectivity index (χ2v) is 7.70. The molecular weight excluding hydrogens is 222 g/mol. The predicted molar refractivity (Wildman–Crippen MR) is 73.4 cm³/mol. The summed E-state index contributed by atoms with van der Waals surface area (Å²) in [5, 5.41) is 0. The molecule has 3 unspecified atom stereocenters. The quantitative estimate of drug-likeness (QED) is 0.749. The fourth-order valence-corrected chi connectivity index (χ4v) is 4.51. The van der Waals surface area contributed by atoms with Gasteiger partial charge in [0.05, 0.1) is 0 Å². The third-order valence-corrected chi connectivity index (χ3v) is 5.58. The van der Waals surface area contributed by atoms with Crippen LogP contribution in [0.4, 0.5) is 0 Å². The third kappa shape index (κ3) is 2.49. The van der Waals surface area contributed by atoms with Gasteiger partial charge in [0.15, 0.2) is 0 Å². The number of carbonyl (C=O) groups excluding carboxylic acids is 1. The van der Waals surface area contributed by atoms with Crippen molar-refractivity contribution >= 4 is 5.78 Å². The molecule has 1 heterocycles. The fraction of sp³-hybridized carbons (Fsp3) is 0.938. The van der Waals surface area contributed by atoms with E-state index in [4.69, 9.17) is 0 Å². The van der Waals surface area contributed by atoms with Crippen LogP contribution in [0.2, 0.25) is 0 Å². The summed E-state index contributed by atoms with van der Waals surface area (Å²) in [5.74, 6) is 2.77. The zero-order chi connectivity index (χ0) is 12.8. The molecule has 0 bridgehead atoms. The molecule has 0 N–H and O–H groups in total. The highest BCUT2D eigenvalue weighted by atomic mass is 16.1. The van der Waals surface area contributed by atoms with E-state index in [2.05, 4.69) is 18.7 Å². The van der Waals surface area contributed by atoms with Crippen LogP contribution in [0, 0.1) is 23.2 Å². The molecule has 0 aromatic rings. The number of likely N-dealkylation sites (tertiary alicyclic amines) is 1. The van der Waals surface area contributed by atoms with Crippen LogP contribution in [-0.4, -0.2) is 30.3 Å². The Kier molecular flexibility index (Phi) is 3.25. The van der Waals surface area contributed by atoms with Crippen LogP contribution in [0.3, 0.4) is 0 Å². The third-order valence-electron chi connectivity index (χ3n) is 5.58. The van der Waals surface area contributed by atoms with Gasteiger partial charge in [0, 0.05) is 32.0 Å². The van der Waals surface area contributed by atoms with Crippen molar-refractivity contribution in [2.24, 2.45) is 23.2 Å². The van der Waals surface area contributed by atoms with Gasteiger partial charge in [0.1, 0.15) is 5.78 Å². The van der Waals surface area contributed by atoms with Crippen LogP contribution in [0.25, 0.3) is 0 Å². The van der Waals surface area contributed by atoms with Crippen LogP contribution < -0.4 is 0 Å². The van der Waals surface area contributed by atoms with Crippen LogP contribution in [0.1, 0.15) is 52.4 Å². The first-order valence-electron chi connectivity index (χ1n) is 7.78. The lowest BCUT2D eigenvalue weighted by molar-refractivity contribution is -0.127. The number of hydrogen-bond donors (Lipinski definition) is 0. The molecule has 2 aliphatic carbocycles. The van der Waals surface area contributed by atoms with Gasteiger partial charge < -0.3 is 4.90 Å². The number of fused-ring (bicyclic) bond motifs is 1. The molecule has 0 amide bonds.